The molecule has 2 aromatic rings. The maximum Gasteiger partial charge on any atom is 0.318 e. The van der Waals surface area contributed by atoms with Gasteiger partial charge >= 0.3 is 5.92 Å². The van der Waals surface area contributed by atoms with Gasteiger partial charge in [0.15, 0.2) is 5.69 Å². The molecule has 0 unspecified atom stereocenters. The highest BCUT2D eigenvalue weighted by Gasteiger charge is 2.37. The van der Waals surface area contributed by atoms with E-state index in [2.05, 4.69) is 10.3 Å². The first-order valence-electron chi connectivity index (χ1n) is 6.46. The van der Waals surface area contributed by atoms with Crippen molar-refractivity contribution >= 4 is 10.0 Å². The molecule has 2 rings (SSSR count). The fraction of sp³-hybridized carbons (Fsp3) is 0.385. The maximum atomic E-state index is 14.3. The van der Waals surface area contributed by atoms with Crippen molar-refractivity contribution in [3.05, 3.63) is 47.8 Å². The first-order chi connectivity index (χ1) is 10.2. The summed E-state index contributed by atoms with van der Waals surface area (Å²) in [5.74, 6) is -3.25. The van der Waals surface area contributed by atoms with Gasteiger partial charge in [0.2, 0.25) is 10.0 Å². The van der Waals surface area contributed by atoms with E-state index in [1.165, 1.54) is 36.0 Å². The summed E-state index contributed by atoms with van der Waals surface area (Å²) in [6.45, 7) is 0.264. The van der Waals surface area contributed by atoms with Gasteiger partial charge in [0, 0.05) is 19.2 Å². The molecule has 0 aliphatic heterocycles. The van der Waals surface area contributed by atoms with Crippen LogP contribution >= 0.6 is 0 Å². The van der Waals surface area contributed by atoms with Crippen LogP contribution in [0.5, 0.6) is 0 Å². The van der Waals surface area contributed by atoms with E-state index in [4.69, 9.17) is 0 Å². The normalized spacial score (nSPS) is 12.8. The summed E-state index contributed by atoms with van der Waals surface area (Å²) in [4.78, 5) is 0. The highest BCUT2D eigenvalue weighted by Crippen LogP contribution is 2.33. The average Bonchev–Trinajstić information content (AvgIpc) is 2.94. The summed E-state index contributed by atoms with van der Waals surface area (Å²) < 4.78 is 53.4. The van der Waals surface area contributed by atoms with E-state index in [1.54, 1.807) is 6.07 Å². The highest BCUT2D eigenvalue weighted by molar-refractivity contribution is 7.88. The summed E-state index contributed by atoms with van der Waals surface area (Å²) in [5, 5.41) is 7.13. The van der Waals surface area contributed by atoms with Crippen LogP contribution in [-0.4, -0.2) is 47.6 Å². The van der Waals surface area contributed by atoms with Crippen LogP contribution in [0.15, 0.2) is 36.5 Å². The van der Waals surface area contributed by atoms with Crippen molar-refractivity contribution in [2.45, 2.75) is 12.5 Å². The molecule has 1 aromatic carbocycles. The van der Waals surface area contributed by atoms with Gasteiger partial charge in [-0.25, -0.2) is 12.7 Å². The standard InChI is InChI=1S/C13H16F2N4O2S/c1-18(22(2,20)21)8-9-19-10-12(16-17-19)13(14,15)11-6-4-3-5-7-11/h3-7,10H,8-9H2,1-2H3. The smallest absolute Gasteiger partial charge is 0.251 e. The molecule has 0 saturated heterocycles. The maximum absolute atomic E-state index is 14.3. The number of benzene rings is 1. The Labute approximate surface area is 127 Å². The average molecular weight is 330 g/mol. The van der Waals surface area contributed by atoms with E-state index in [-0.39, 0.29) is 18.7 Å². The van der Waals surface area contributed by atoms with Crippen molar-refractivity contribution in [1.29, 1.82) is 0 Å². The molecule has 0 aliphatic rings. The second-order valence-electron chi connectivity index (χ2n) is 4.89. The van der Waals surface area contributed by atoms with Crippen LogP contribution in [0.25, 0.3) is 0 Å². The largest absolute Gasteiger partial charge is 0.318 e. The van der Waals surface area contributed by atoms with E-state index in [9.17, 15) is 17.2 Å². The predicted octanol–water partition coefficient (Wildman–Crippen LogP) is 1.31. The topological polar surface area (TPSA) is 68.1 Å². The first kappa shape index (κ1) is 16.5. The zero-order valence-corrected chi connectivity index (χ0v) is 13.0. The van der Waals surface area contributed by atoms with Gasteiger partial charge in [-0.1, -0.05) is 35.5 Å². The van der Waals surface area contributed by atoms with E-state index in [0.29, 0.717) is 0 Å². The molecule has 0 aliphatic carbocycles. The van der Waals surface area contributed by atoms with Gasteiger partial charge in [-0.2, -0.15) is 8.78 Å². The molecule has 0 amide bonds. The Kier molecular flexibility index (Phi) is 4.57. The van der Waals surface area contributed by atoms with Gasteiger partial charge in [0.25, 0.3) is 0 Å². The molecule has 0 spiro atoms. The van der Waals surface area contributed by atoms with Gasteiger partial charge in [-0.3, -0.25) is 4.68 Å². The zero-order valence-electron chi connectivity index (χ0n) is 12.1. The van der Waals surface area contributed by atoms with Gasteiger partial charge in [0.1, 0.15) is 0 Å². The molecule has 1 aromatic heterocycles. The monoisotopic (exact) mass is 330 g/mol. The summed E-state index contributed by atoms with van der Waals surface area (Å²) >= 11 is 0. The van der Waals surface area contributed by atoms with Crippen LogP contribution < -0.4 is 0 Å². The second-order valence-corrected chi connectivity index (χ2v) is 6.98. The lowest BCUT2D eigenvalue weighted by molar-refractivity contribution is 0.0378. The fourth-order valence-corrected chi connectivity index (χ4v) is 2.17. The quantitative estimate of drug-likeness (QED) is 0.801. The Hall–Kier alpha value is -1.87. The van der Waals surface area contributed by atoms with Crippen molar-refractivity contribution < 1.29 is 17.2 Å². The molecule has 22 heavy (non-hydrogen) atoms. The fourth-order valence-electron chi connectivity index (χ4n) is 1.76. The third-order valence-corrected chi connectivity index (χ3v) is 4.52. The third kappa shape index (κ3) is 3.66. The molecule has 0 bridgehead atoms. The third-order valence-electron chi connectivity index (χ3n) is 3.21. The molecule has 120 valence electrons. The van der Waals surface area contributed by atoms with E-state index in [0.717, 1.165) is 16.8 Å². The lowest BCUT2D eigenvalue weighted by Crippen LogP contribution is -2.29. The van der Waals surface area contributed by atoms with Crippen LogP contribution in [0.2, 0.25) is 0 Å². The van der Waals surface area contributed by atoms with E-state index in [1.807, 2.05) is 0 Å². The van der Waals surface area contributed by atoms with E-state index < -0.39 is 21.6 Å². The SMILES string of the molecule is CN(CCn1cc(C(F)(F)c2ccccc2)nn1)S(C)(=O)=O. The number of hydrogen-bond acceptors (Lipinski definition) is 4. The van der Waals surface area contributed by atoms with Crippen molar-refractivity contribution in [2.24, 2.45) is 0 Å². The number of likely N-dealkylation sites (N-methyl/N-ethyl adjacent to an activating group) is 1. The van der Waals surface area contributed by atoms with Crippen molar-refractivity contribution in [2.75, 3.05) is 19.8 Å². The Morgan fingerprint density at radius 2 is 1.91 bits per heavy atom. The molecule has 0 saturated carbocycles. The Bertz CT molecular complexity index is 732. The first-order valence-corrected chi connectivity index (χ1v) is 8.31. The van der Waals surface area contributed by atoms with E-state index >= 15 is 0 Å². The minimum atomic E-state index is -3.31. The summed E-state index contributed by atoms with van der Waals surface area (Å²) in [5.41, 5.74) is -0.643. The number of alkyl halides is 2. The number of sulfonamides is 1. The number of aromatic nitrogens is 3. The Morgan fingerprint density at radius 3 is 2.50 bits per heavy atom. The minimum Gasteiger partial charge on any atom is -0.251 e. The van der Waals surface area contributed by atoms with Gasteiger partial charge in [-0.15, -0.1) is 5.10 Å². The second kappa shape index (κ2) is 6.09. The molecular weight excluding hydrogens is 314 g/mol. The zero-order chi connectivity index (χ0) is 16.4. The van der Waals surface area contributed by atoms with Gasteiger partial charge < -0.3 is 0 Å². The molecule has 0 atom stereocenters. The molecule has 0 N–H and O–H groups in total. The summed E-state index contributed by atoms with van der Waals surface area (Å²) in [7, 11) is -1.91. The van der Waals surface area contributed by atoms with Crippen molar-refractivity contribution in [3.8, 4) is 0 Å². The number of hydrogen-bond donors (Lipinski definition) is 0. The molecule has 6 nitrogen and oxygen atoms in total. The number of halogens is 2. The van der Waals surface area contributed by atoms with Crippen LogP contribution in [0.3, 0.4) is 0 Å². The molecule has 0 fully saturated rings. The molecular formula is C13H16F2N4O2S. The molecule has 9 heteroatoms. The molecule has 1 heterocycles. The highest BCUT2D eigenvalue weighted by atomic mass is 32.2. The van der Waals surface area contributed by atoms with Crippen LogP contribution in [0.4, 0.5) is 8.78 Å². The minimum absolute atomic E-state index is 0.124. The van der Waals surface area contributed by atoms with Crippen molar-refractivity contribution in [3.63, 3.8) is 0 Å². The Morgan fingerprint density at radius 1 is 1.27 bits per heavy atom. The summed E-state index contributed by atoms with van der Waals surface area (Å²) in [6.07, 6.45) is 2.20. The van der Waals surface area contributed by atoms with Crippen LogP contribution in [0.1, 0.15) is 11.3 Å². The molecule has 0 radical (unpaired) electrons. The number of nitrogens with zero attached hydrogens (tertiary/aromatic N) is 4. The van der Waals surface area contributed by atoms with Gasteiger partial charge in [-0.05, 0) is 0 Å². The van der Waals surface area contributed by atoms with Crippen LogP contribution in [-0.2, 0) is 22.5 Å². The van der Waals surface area contributed by atoms with Crippen LogP contribution in [0, 0.1) is 0 Å². The predicted molar refractivity (Wildman–Crippen MR) is 76.9 cm³/mol. The lowest BCUT2D eigenvalue weighted by atomic mass is 10.1. The number of rotatable bonds is 6. The van der Waals surface area contributed by atoms with Gasteiger partial charge in [0.05, 0.1) is 19.0 Å². The lowest BCUT2D eigenvalue weighted by Gasteiger charge is -2.14. The summed E-state index contributed by atoms with van der Waals surface area (Å²) in [6, 6.07) is 7.33. The van der Waals surface area contributed by atoms with Crippen molar-refractivity contribution in [1.82, 2.24) is 19.3 Å². The Balaban J connectivity index is 2.12.